The number of hydrogen-bond acceptors (Lipinski definition) is 4. The monoisotopic (exact) mass is 370 g/mol. The zero-order valence-electron chi connectivity index (χ0n) is 12.8. The van der Waals surface area contributed by atoms with E-state index in [1.54, 1.807) is 19.1 Å². The number of aryl methyl sites for hydroxylation is 1. The largest absolute Gasteiger partial charge is 0.422 e. The Morgan fingerprint density at radius 1 is 1.17 bits per heavy atom. The van der Waals surface area contributed by atoms with Crippen LogP contribution < -0.4 is 11.1 Å². The topological polar surface area (TPSA) is 54.6 Å². The molecule has 5 heteroatoms. The fourth-order valence-electron chi connectivity index (χ4n) is 2.27. The lowest BCUT2D eigenvalue weighted by atomic mass is 10.1. The molecule has 0 saturated heterocycles. The van der Waals surface area contributed by atoms with Gasteiger partial charge in [-0.2, -0.15) is 5.10 Å². The number of hydrogen-bond donors (Lipinski definition) is 1. The molecule has 0 bridgehead atoms. The minimum absolute atomic E-state index is 0.396. The van der Waals surface area contributed by atoms with E-state index in [1.165, 1.54) is 0 Å². The van der Waals surface area contributed by atoms with Gasteiger partial charge in [0, 0.05) is 9.86 Å². The maximum atomic E-state index is 12.1. The van der Waals surface area contributed by atoms with Gasteiger partial charge in [0.15, 0.2) is 0 Å². The molecule has 3 aromatic rings. The van der Waals surface area contributed by atoms with E-state index in [9.17, 15) is 4.79 Å². The number of hydrazone groups is 1. The van der Waals surface area contributed by atoms with Crippen molar-refractivity contribution in [3.05, 3.63) is 74.6 Å². The van der Waals surface area contributed by atoms with E-state index in [0.29, 0.717) is 16.9 Å². The van der Waals surface area contributed by atoms with Crippen molar-refractivity contribution in [2.75, 3.05) is 5.43 Å². The SMILES string of the molecule is C/C(=N\Nc1cccc(C)c1)c1cc2cc(Br)ccc2oc1=O. The minimum Gasteiger partial charge on any atom is -0.422 e. The van der Waals surface area contributed by atoms with Crippen molar-refractivity contribution in [2.45, 2.75) is 13.8 Å². The Morgan fingerprint density at radius 3 is 2.78 bits per heavy atom. The van der Waals surface area contributed by atoms with Gasteiger partial charge in [-0.1, -0.05) is 28.1 Å². The fourth-order valence-corrected chi connectivity index (χ4v) is 2.65. The molecule has 0 unspecified atom stereocenters. The Morgan fingerprint density at radius 2 is 2.00 bits per heavy atom. The molecule has 0 aliphatic heterocycles. The molecular weight excluding hydrogens is 356 g/mol. The van der Waals surface area contributed by atoms with Crippen LogP contribution in [0.1, 0.15) is 18.1 Å². The summed E-state index contributed by atoms with van der Waals surface area (Å²) in [4.78, 5) is 12.1. The number of nitrogens with one attached hydrogen (secondary N) is 1. The van der Waals surface area contributed by atoms with Crippen LogP contribution in [0, 0.1) is 6.92 Å². The summed E-state index contributed by atoms with van der Waals surface area (Å²) in [7, 11) is 0. The highest BCUT2D eigenvalue weighted by Crippen LogP contribution is 2.19. The van der Waals surface area contributed by atoms with Crippen LogP contribution >= 0.6 is 15.9 Å². The molecule has 1 aromatic heterocycles. The van der Waals surface area contributed by atoms with Gasteiger partial charge in [-0.25, -0.2) is 4.79 Å². The summed E-state index contributed by atoms with van der Waals surface area (Å²) in [5.74, 6) is 0. The van der Waals surface area contributed by atoms with Crippen molar-refractivity contribution in [3.63, 3.8) is 0 Å². The molecule has 0 aliphatic carbocycles. The Labute approximate surface area is 142 Å². The van der Waals surface area contributed by atoms with Crippen LogP contribution in [0.2, 0.25) is 0 Å². The molecule has 1 N–H and O–H groups in total. The molecule has 0 saturated carbocycles. The van der Waals surface area contributed by atoms with Crippen molar-refractivity contribution in [2.24, 2.45) is 5.10 Å². The van der Waals surface area contributed by atoms with Gasteiger partial charge in [0.25, 0.3) is 0 Å². The van der Waals surface area contributed by atoms with Gasteiger partial charge < -0.3 is 4.42 Å². The lowest BCUT2D eigenvalue weighted by molar-refractivity contribution is 0.559. The van der Waals surface area contributed by atoms with Crippen LogP contribution in [0.3, 0.4) is 0 Å². The molecule has 0 radical (unpaired) electrons. The van der Waals surface area contributed by atoms with Crippen molar-refractivity contribution in [3.8, 4) is 0 Å². The molecule has 0 aliphatic rings. The van der Waals surface area contributed by atoms with E-state index in [4.69, 9.17) is 4.42 Å². The second-order valence-corrected chi connectivity index (χ2v) is 6.22. The Kier molecular flexibility index (Phi) is 4.30. The third-order valence-corrected chi connectivity index (χ3v) is 3.95. The fraction of sp³-hybridized carbons (Fsp3) is 0.111. The maximum Gasteiger partial charge on any atom is 0.345 e. The Hall–Kier alpha value is -2.40. The third-order valence-electron chi connectivity index (χ3n) is 3.45. The quantitative estimate of drug-likeness (QED) is 0.413. The van der Waals surface area contributed by atoms with Crippen LogP contribution in [-0.4, -0.2) is 5.71 Å². The number of halogens is 1. The zero-order chi connectivity index (χ0) is 16.4. The van der Waals surface area contributed by atoms with Crippen LogP contribution in [-0.2, 0) is 0 Å². The van der Waals surface area contributed by atoms with Gasteiger partial charge in [-0.15, -0.1) is 0 Å². The minimum atomic E-state index is -0.396. The molecule has 0 amide bonds. The molecule has 3 rings (SSSR count). The number of anilines is 1. The predicted molar refractivity (Wildman–Crippen MR) is 97.2 cm³/mol. The molecule has 1 heterocycles. The molecule has 116 valence electrons. The van der Waals surface area contributed by atoms with E-state index in [-0.39, 0.29) is 0 Å². The zero-order valence-corrected chi connectivity index (χ0v) is 14.3. The summed E-state index contributed by atoms with van der Waals surface area (Å²) >= 11 is 3.42. The highest BCUT2D eigenvalue weighted by Gasteiger charge is 2.08. The predicted octanol–water partition coefficient (Wildman–Crippen LogP) is 4.70. The Balaban J connectivity index is 1.96. The van der Waals surface area contributed by atoms with Gasteiger partial charge in [-0.05, 0) is 55.8 Å². The number of nitrogens with zero attached hydrogens (tertiary/aromatic N) is 1. The normalized spacial score (nSPS) is 11.7. The molecule has 0 atom stereocenters. The van der Waals surface area contributed by atoms with Gasteiger partial charge in [0.2, 0.25) is 0 Å². The van der Waals surface area contributed by atoms with Crippen molar-refractivity contribution in [1.82, 2.24) is 0 Å². The molecule has 0 fully saturated rings. The second-order valence-electron chi connectivity index (χ2n) is 5.31. The lowest BCUT2D eigenvalue weighted by Gasteiger charge is -2.05. The van der Waals surface area contributed by atoms with Crippen molar-refractivity contribution >= 4 is 38.3 Å². The second kappa shape index (κ2) is 6.38. The summed E-state index contributed by atoms with van der Waals surface area (Å²) in [5.41, 5.74) is 6.15. The van der Waals surface area contributed by atoms with E-state index >= 15 is 0 Å². The van der Waals surface area contributed by atoms with E-state index < -0.39 is 5.63 Å². The van der Waals surface area contributed by atoms with Gasteiger partial charge in [0.05, 0.1) is 17.0 Å². The molecule has 0 spiro atoms. The summed E-state index contributed by atoms with van der Waals surface area (Å²) in [6.07, 6.45) is 0. The van der Waals surface area contributed by atoms with Crippen LogP contribution in [0.25, 0.3) is 11.0 Å². The Bertz CT molecular complexity index is 961. The highest BCUT2D eigenvalue weighted by atomic mass is 79.9. The van der Waals surface area contributed by atoms with Crippen molar-refractivity contribution < 1.29 is 4.42 Å². The summed E-state index contributed by atoms with van der Waals surface area (Å²) in [6.45, 7) is 3.79. The van der Waals surface area contributed by atoms with Crippen LogP contribution in [0.4, 0.5) is 5.69 Å². The first-order valence-corrected chi connectivity index (χ1v) is 7.93. The molecule has 4 nitrogen and oxygen atoms in total. The average molecular weight is 371 g/mol. The lowest BCUT2D eigenvalue weighted by Crippen LogP contribution is -2.13. The standard InChI is InChI=1S/C18H15BrN2O2/c1-11-4-3-5-15(8-11)21-20-12(2)16-10-13-9-14(19)6-7-17(13)23-18(16)22/h3-10,21H,1-2H3/b20-12+. The first-order valence-electron chi connectivity index (χ1n) is 7.14. The summed E-state index contributed by atoms with van der Waals surface area (Å²) < 4.78 is 6.28. The number of benzene rings is 2. The maximum absolute atomic E-state index is 12.1. The molecular formula is C18H15BrN2O2. The number of rotatable bonds is 3. The average Bonchev–Trinajstić information content (AvgIpc) is 2.52. The number of fused-ring (bicyclic) bond motifs is 1. The van der Waals surface area contributed by atoms with Gasteiger partial charge >= 0.3 is 5.63 Å². The van der Waals surface area contributed by atoms with E-state index in [1.807, 2.05) is 43.3 Å². The summed E-state index contributed by atoms with van der Waals surface area (Å²) in [5, 5.41) is 5.14. The molecule has 23 heavy (non-hydrogen) atoms. The molecule has 2 aromatic carbocycles. The van der Waals surface area contributed by atoms with E-state index in [2.05, 4.69) is 26.5 Å². The van der Waals surface area contributed by atoms with Crippen molar-refractivity contribution in [1.29, 1.82) is 0 Å². The first kappa shape index (κ1) is 15.5. The highest BCUT2D eigenvalue weighted by molar-refractivity contribution is 9.10. The van der Waals surface area contributed by atoms with Gasteiger partial charge in [-0.3, -0.25) is 5.43 Å². The first-order chi connectivity index (χ1) is 11.0. The van der Waals surface area contributed by atoms with Crippen LogP contribution in [0.5, 0.6) is 0 Å². The summed E-state index contributed by atoms with van der Waals surface area (Å²) in [6, 6.07) is 15.2. The van der Waals surface area contributed by atoms with E-state index in [0.717, 1.165) is 21.1 Å². The van der Waals surface area contributed by atoms with Gasteiger partial charge in [0.1, 0.15) is 5.58 Å². The smallest absolute Gasteiger partial charge is 0.345 e. The van der Waals surface area contributed by atoms with Crippen LogP contribution in [0.15, 0.2) is 67.3 Å². The third kappa shape index (κ3) is 3.51.